The number of anilines is 1. The Labute approximate surface area is 109 Å². The molecule has 1 rings (SSSR count). The van der Waals surface area contributed by atoms with Gasteiger partial charge in [0.25, 0.3) is 0 Å². The Morgan fingerprint density at radius 1 is 1.44 bits per heavy atom. The number of nitrogens with two attached hydrogens (primary N) is 1. The number of nitrogen functional groups attached to an aromatic ring is 1. The molecule has 0 aliphatic heterocycles. The monoisotopic (exact) mass is 269 g/mol. The largest absolute Gasteiger partial charge is 0.477 e. The minimum Gasteiger partial charge on any atom is -0.477 e. The highest BCUT2D eigenvalue weighted by Crippen LogP contribution is 2.26. The molecule has 5 nitrogen and oxygen atoms in total. The maximum Gasteiger partial charge on any atom is 0.348 e. The van der Waals surface area contributed by atoms with Crippen LogP contribution in [0.1, 0.15) is 36.0 Å². The first-order valence-electron chi connectivity index (χ1n) is 5.22. The third-order valence-electron chi connectivity index (χ3n) is 1.86. The Hall–Kier alpha value is -1.82. The predicted octanol–water partition coefficient (Wildman–Crippen LogP) is 2.38. The molecule has 0 aliphatic rings. The van der Waals surface area contributed by atoms with Gasteiger partial charge in [-0.2, -0.15) is 0 Å². The van der Waals surface area contributed by atoms with Gasteiger partial charge in [-0.1, -0.05) is 0 Å². The van der Waals surface area contributed by atoms with Crippen LogP contribution in [0.2, 0.25) is 0 Å². The number of esters is 1. The molecule has 1 heterocycles. The summed E-state index contributed by atoms with van der Waals surface area (Å²) in [6, 6.07) is 0. The van der Waals surface area contributed by atoms with Gasteiger partial charge in [0.1, 0.15) is 10.5 Å². The van der Waals surface area contributed by atoms with Crippen LogP contribution in [0.25, 0.3) is 6.08 Å². The summed E-state index contributed by atoms with van der Waals surface area (Å²) in [5.74, 6) is -1.57. The van der Waals surface area contributed by atoms with E-state index in [1.54, 1.807) is 26.2 Å². The summed E-state index contributed by atoms with van der Waals surface area (Å²) in [7, 11) is 0. The first-order chi connectivity index (χ1) is 8.20. The maximum atomic E-state index is 11.4. The van der Waals surface area contributed by atoms with E-state index in [0.29, 0.717) is 5.56 Å². The van der Waals surface area contributed by atoms with Crippen LogP contribution in [-0.4, -0.2) is 22.6 Å². The van der Waals surface area contributed by atoms with E-state index in [-0.39, 0.29) is 10.6 Å². The number of hydrogen-bond donors (Lipinski definition) is 2. The van der Waals surface area contributed by atoms with E-state index in [4.69, 9.17) is 15.6 Å². The zero-order valence-electron chi connectivity index (χ0n) is 10.4. The molecule has 0 aromatic carbocycles. The van der Waals surface area contributed by atoms with Gasteiger partial charge in [0.05, 0.1) is 5.69 Å². The fourth-order valence-corrected chi connectivity index (χ4v) is 1.96. The fraction of sp³-hybridized carbons (Fsp3) is 0.333. The minimum absolute atomic E-state index is 0.0684. The van der Waals surface area contributed by atoms with Gasteiger partial charge in [-0.25, -0.2) is 9.59 Å². The van der Waals surface area contributed by atoms with Crippen molar-refractivity contribution in [2.75, 3.05) is 5.73 Å². The van der Waals surface area contributed by atoms with Crippen LogP contribution in [0.5, 0.6) is 0 Å². The molecule has 0 aliphatic carbocycles. The molecule has 6 heteroatoms. The molecular formula is C12H15NO4S. The number of aromatic carboxylic acids is 1. The normalized spacial score (nSPS) is 11.7. The number of carboxylic acids is 1. The van der Waals surface area contributed by atoms with E-state index in [9.17, 15) is 9.59 Å². The van der Waals surface area contributed by atoms with Gasteiger partial charge in [0.15, 0.2) is 0 Å². The van der Waals surface area contributed by atoms with Crippen molar-refractivity contribution in [1.29, 1.82) is 0 Å². The lowest BCUT2D eigenvalue weighted by atomic mass is 10.2. The number of carbonyl (C=O) groups is 2. The van der Waals surface area contributed by atoms with Crippen molar-refractivity contribution >= 4 is 35.0 Å². The van der Waals surface area contributed by atoms with Crippen LogP contribution in [-0.2, 0) is 9.53 Å². The highest BCUT2D eigenvalue weighted by molar-refractivity contribution is 7.12. The lowest BCUT2D eigenvalue weighted by Crippen LogP contribution is -2.22. The van der Waals surface area contributed by atoms with E-state index < -0.39 is 17.5 Å². The summed E-state index contributed by atoms with van der Waals surface area (Å²) < 4.78 is 5.07. The molecule has 98 valence electrons. The predicted molar refractivity (Wildman–Crippen MR) is 70.6 cm³/mol. The maximum absolute atomic E-state index is 11.4. The third-order valence-corrected chi connectivity index (χ3v) is 2.86. The first-order valence-corrected chi connectivity index (χ1v) is 6.10. The van der Waals surface area contributed by atoms with Crippen molar-refractivity contribution < 1.29 is 19.4 Å². The summed E-state index contributed by atoms with van der Waals surface area (Å²) >= 11 is 1.02. The minimum atomic E-state index is -1.07. The number of thiophene rings is 1. The second-order valence-electron chi connectivity index (χ2n) is 4.61. The summed E-state index contributed by atoms with van der Waals surface area (Å²) in [4.78, 5) is 22.3. The molecule has 0 amide bonds. The molecule has 0 spiro atoms. The molecule has 18 heavy (non-hydrogen) atoms. The number of carbonyl (C=O) groups excluding carboxylic acids is 1. The van der Waals surface area contributed by atoms with Crippen molar-refractivity contribution in [3.63, 3.8) is 0 Å². The van der Waals surface area contributed by atoms with Gasteiger partial charge in [0, 0.05) is 17.0 Å². The lowest BCUT2D eigenvalue weighted by molar-refractivity contribution is -0.148. The quantitative estimate of drug-likeness (QED) is 0.649. The van der Waals surface area contributed by atoms with E-state index in [1.165, 1.54) is 12.2 Å². The van der Waals surface area contributed by atoms with Crippen LogP contribution in [0.15, 0.2) is 11.5 Å². The van der Waals surface area contributed by atoms with Crippen molar-refractivity contribution in [1.82, 2.24) is 0 Å². The summed E-state index contributed by atoms with van der Waals surface area (Å²) in [5, 5.41) is 10.4. The zero-order valence-corrected chi connectivity index (χ0v) is 11.2. The van der Waals surface area contributed by atoms with Gasteiger partial charge in [-0.15, -0.1) is 11.3 Å². The van der Waals surface area contributed by atoms with E-state index in [1.807, 2.05) is 0 Å². The van der Waals surface area contributed by atoms with Crippen LogP contribution in [0.4, 0.5) is 5.69 Å². The third kappa shape index (κ3) is 3.89. The van der Waals surface area contributed by atoms with Gasteiger partial charge >= 0.3 is 11.9 Å². The Bertz CT molecular complexity index is 497. The Kier molecular flexibility index (Phi) is 4.13. The van der Waals surface area contributed by atoms with Gasteiger partial charge in [0.2, 0.25) is 0 Å². The summed E-state index contributed by atoms with van der Waals surface area (Å²) in [6.45, 7) is 5.29. The standard InChI is InChI=1S/C12H15NO4S/c1-12(2,3)17-8(14)5-4-7-6-18-10(9(7)13)11(15)16/h4-6H,13H2,1-3H3,(H,15,16)/b5-4+. The van der Waals surface area contributed by atoms with E-state index in [0.717, 1.165) is 11.3 Å². The topological polar surface area (TPSA) is 89.6 Å². The van der Waals surface area contributed by atoms with Crippen molar-refractivity contribution in [3.8, 4) is 0 Å². The van der Waals surface area contributed by atoms with Crippen molar-refractivity contribution in [2.24, 2.45) is 0 Å². The number of carboxylic acid groups (broad SMARTS) is 1. The number of rotatable bonds is 3. The molecule has 0 atom stereocenters. The van der Waals surface area contributed by atoms with Crippen LogP contribution < -0.4 is 5.73 Å². The van der Waals surface area contributed by atoms with Gasteiger partial charge in [-0.3, -0.25) is 0 Å². The molecule has 0 fully saturated rings. The Morgan fingerprint density at radius 3 is 2.50 bits per heavy atom. The lowest BCUT2D eigenvalue weighted by Gasteiger charge is -2.17. The number of ether oxygens (including phenoxy) is 1. The highest BCUT2D eigenvalue weighted by atomic mass is 32.1. The second-order valence-corrected chi connectivity index (χ2v) is 5.49. The molecule has 0 bridgehead atoms. The molecule has 0 radical (unpaired) electrons. The van der Waals surface area contributed by atoms with Crippen LogP contribution in [0.3, 0.4) is 0 Å². The van der Waals surface area contributed by atoms with Crippen molar-refractivity contribution in [2.45, 2.75) is 26.4 Å². The summed E-state index contributed by atoms with van der Waals surface area (Å²) in [6.07, 6.45) is 2.68. The van der Waals surface area contributed by atoms with Crippen LogP contribution >= 0.6 is 11.3 Å². The molecule has 0 saturated carbocycles. The average Bonchev–Trinajstić information content (AvgIpc) is 2.54. The Morgan fingerprint density at radius 2 is 2.06 bits per heavy atom. The highest BCUT2D eigenvalue weighted by Gasteiger charge is 2.15. The second kappa shape index (κ2) is 5.22. The SMILES string of the molecule is CC(C)(C)OC(=O)/C=C/c1csc(C(=O)O)c1N. The molecule has 0 saturated heterocycles. The van der Waals surface area contributed by atoms with Gasteiger partial charge in [-0.05, 0) is 26.8 Å². The molecule has 1 aromatic rings. The molecule has 0 unspecified atom stereocenters. The van der Waals surface area contributed by atoms with Crippen molar-refractivity contribution in [3.05, 3.63) is 21.9 Å². The fourth-order valence-electron chi connectivity index (χ4n) is 1.17. The molecular weight excluding hydrogens is 254 g/mol. The van der Waals surface area contributed by atoms with E-state index >= 15 is 0 Å². The Balaban J connectivity index is 2.80. The van der Waals surface area contributed by atoms with Gasteiger partial charge < -0.3 is 15.6 Å². The first kappa shape index (κ1) is 14.2. The van der Waals surface area contributed by atoms with E-state index in [2.05, 4.69) is 0 Å². The smallest absolute Gasteiger partial charge is 0.348 e. The average molecular weight is 269 g/mol. The summed E-state index contributed by atoms with van der Waals surface area (Å²) in [5.41, 5.74) is 5.74. The molecule has 1 aromatic heterocycles. The van der Waals surface area contributed by atoms with Crippen LogP contribution in [0, 0.1) is 0 Å². The zero-order chi connectivity index (χ0) is 13.9. The number of hydrogen-bond acceptors (Lipinski definition) is 5. The molecule has 3 N–H and O–H groups in total.